The molecule has 1 aromatic carbocycles. The quantitative estimate of drug-likeness (QED) is 0.689. The highest BCUT2D eigenvalue weighted by Crippen LogP contribution is 2.22. The van der Waals surface area contributed by atoms with Crippen molar-refractivity contribution in [2.24, 2.45) is 0 Å². The van der Waals surface area contributed by atoms with E-state index >= 15 is 0 Å². The van der Waals surface area contributed by atoms with Crippen molar-refractivity contribution in [1.82, 2.24) is 0 Å². The van der Waals surface area contributed by atoms with E-state index < -0.39 is 11.6 Å². The number of para-hydroxylation sites is 2. The van der Waals surface area contributed by atoms with Gasteiger partial charge in [0.05, 0.1) is 5.69 Å². The van der Waals surface area contributed by atoms with E-state index in [1.54, 1.807) is 45.0 Å². The van der Waals surface area contributed by atoms with Gasteiger partial charge < -0.3 is 19.6 Å². The Balaban J connectivity index is 1.98. The van der Waals surface area contributed by atoms with Crippen molar-refractivity contribution in [1.29, 1.82) is 0 Å². The molecule has 21 heavy (non-hydrogen) atoms. The van der Waals surface area contributed by atoms with Gasteiger partial charge in [-0.3, -0.25) is 0 Å². The zero-order valence-electron chi connectivity index (χ0n) is 12.4. The average Bonchev–Trinajstić information content (AvgIpc) is 2.85. The van der Waals surface area contributed by atoms with Crippen LogP contribution in [0.25, 0.3) is 0 Å². The second-order valence-corrected chi connectivity index (χ2v) is 5.59. The van der Waals surface area contributed by atoms with Crippen molar-refractivity contribution >= 4 is 11.7 Å². The third kappa shape index (κ3) is 4.27. The summed E-state index contributed by atoms with van der Waals surface area (Å²) >= 11 is 0. The fourth-order valence-electron chi connectivity index (χ4n) is 1.65. The number of rotatable bonds is 4. The van der Waals surface area contributed by atoms with Gasteiger partial charge in [-0.05, 0) is 45.0 Å². The van der Waals surface area contributed by atoms with Crippen molar-refractivity contribution < 1.29 is 18.7 Å². The summed E-state index contributed by atoms with van der Waals surface area (Å²) in [7, 11) is 0. The van der Waals surface area contributed by atoms with Crippen LogP contribution in [0, 0.1) is 0 Å². The van der Waals surface area contributed by atoms with Crippen LogP contribution >= 0.6 is 0 Å². The Labute approximate surface area is 123 Å². The van der Waals surface area contributed by atoms with Gasteiger partial charge in [0.25, 0.3) is 0 Å². The number of hydrogen-bond acceptors (Lipinski definition) is 5. The fourth-order valence-corrected chi connectivity index (χ4v) is 1.65. The summed E-state index contributed by atoms with van der Waals surface area (Å²) in [6, 6.07) is 10.4. The fraction of sp³-hybridized carbons (Fsp3) is 0.312. The maximum absolute atomic E-state index is 11.8. The first-order valence-electron chi connectivity index (χ1n) is 6.64. The Hall–Kier alpha value is -2.43. The molecule has 0 amide bonds. The van der Waals surface area contributed by atoms with Gasteiger partial charge in [-0.2, -0.15) is 0 Å². The Morgan fingerprint density at radius 1 is 1.19 bits per heavy atom. The topological polar surface area (TPSA) is 74.7 Å². The van der Waals surface area contributed by atoms with Crippen LogP contribution in [0.15, 0.2) is 40.8 Å². The second-order valence-electron chi connectivity index (χ2n) is 5.59. The van der Waals surface area contributed by atoms with Crippen molar-refractivity contribution in [2.75, 3.05) is 5.73 Å². The molecule has 112 valence electrons. The lowest BCUT2D eigenvalue weighted by molar-refractivity contribution is 0.00331. The van der Waals surface area contributed by atoms with Crippen LogP contribution < -0.4 is 10.5 Å². The molecule has 1 heterocycles. The van der Waals surface area contributed by atoms with Gasteiger partial charge >= 0.3 is 5.97 Å². The van der Waals surface area contributed by atoms with E-state index in [0.717, 1.165) is 0 Å². The Kier molecular flexibility index (Phi) is 4.21. The normalized spacial score (nSPS) is 11.2. The molecule has 0 aliphatic heterocycles. The minimum absolute atomic E-state index is 0.157. The summed E-state index contributed by atoms with van der Waals surface area (Å²) in [5.74, 6) is 0.768. The van der Waals surface area contributed by atoms with Crippen LogP contribution in [0.5, 0.6) is 5.75 Å². The molecular weight excluding hydrogens is 270 g/mol. The van der Waals surface area contributed by atoms with Crippen LogP contribution in [-0.4, -0.2) is 11.6 Å². The standard InChI is InChI=1S/C16H19NO4/c1-16(2,3)21-15(18)14-9-8-11(20-14)10-19-13-7-5-4-6-12(13)17/h4-9H,10,17H2,1-3H3. The van der Waals surface area contributed by atoms with Gasteiger partial charge in [0.15, 0.2) is 0 Å². The van der Waals surface area contributed by atoms with Crippen LogP contribution in [0.4, 0.5) is 5.69 Å². The van der Waals surface area contributed by atoms with E-state index in [2.05, 4.69) is 0 Å². The summed E-state index contributed by atoms with van der Waals surface area (Å²) < 4.78 is 16.2. The molecule has 2 aromatic rings. The van der Waals surface area contributed by atoms with Crippen molar-refractivity contribution in [2.45, 2.75) is 33.0 Å². The highest BCUT2D eigenvalue weighted by molar-refractivity contribution is 5.86. The first kappa shape index (κ1) is 15.0. The molecule has 1 aromatic heterocycles. The Morgan fingerprint density at radius 3 is 2.57 bits per heavy atom. The predicted octanol–water partition coefficient (Wildman–Crippen LogP) is 3.40. The zero-order chi connectivity index (χ0) is 15.5. The highest BCUT2D eigenvalue weighted by atomic mass is 16.6. The van der Waals surface area contributed by atoms with Gasteiger partial charge in [0.1, 0.15) is 23.7 Å². The number of benzene rings is 1. The first-order valence-corrected chi connectivity index (χ1v) is 6.64. The number of nitrogen functional groups attached to an aromatic ring is 1. The van der Waals surface area contributed by atoms with Crippen LogP contribution in [0.3, 0.4) is 0 Å². The van der Waals surface area contributed by atoms with E-state index in [9.17, 15) is 4.79 Å². The summed E-state index contributed by atoms with van der Waals surface area (Å²) in [6.07, 6.45) is 0. The lowest BCUT2D eigenvalue weighted by atomic mass is 10.2. The number of carbonyl (C=O) groups excluding carboxylic acids is 1. The van der Waals surface area contributed by atoms with Gasteiger partial charge in [0.2, 0.25) is 5.76 Å². The Bertz CT molecular complexity index is 625. The number of carbonyl (C=O) groups is 1. The maximum Gasteiger partial charge on any atom is 0.374 e. The molecule has 0 saturated carbocycles. The van der Waals surface area contributed by atoms with E-state index in [1.807, 2.05) is 12.1 Å². The smallest absolute Gasteiger partial charge is 0.374 e. The SMILES string of the molecule is CC(C)(C)OC(=O)c1ccc(COc2ccccc2N)o1. The minimum Gasteiger partial charge on any atom is -0.483 e. The number of hydrogen-bond donors (Lipinski definition) is 1. The molecule has 5 nitrogen and oxygen atoms in total. The lowest BCUT2D eigenvalue weighted by Crippen LogP contribution is -2.23. The summed E-state index contributed by atoms with van der Waals surface area (Å²) in [5, 5.41) is 0. The van der Waals surface area contributed by atoms with Gasteiger partial charge in [-0.1, -0.05) is 12.1 Å². The molecule has 0 saturated heterocycles. The van der Waals surface area contributed by atoms with E-state index in [0.29, 0.717) is 17.2 Å². The molecule has 2 rings (SSSR count). The van der Waals surface area contributed by atoms with Crippen molar-refractivity contribution in [3.63, 3.8) is 0 Å². The third-order valence-electron chi connectivity index (χ3n) is 2.55. The zero-order valence-corrected chi connectivity index (χ0v) is 12.4. The lowest BCUT2D eigenvalue weighted by Gasteiger charge is -2.18. The predicted molar refractivity (Wildman–Crippen MR) is 79.1 cm³/mol. The number of furan rings is 1. The number of esters is 1. The average molecular weight is 289 g/mol. The van der Waals surface area contributed by atoms with Gasteiger partial charge in [0, 0.05) is 0 Å². The molecule has 5 heteroatoms. The third-order valence-corrected chi connectivity index (χ3v) is 2.55. The summed E-state index contributed by atoms with van der Waals surface area (Å²) in [5.41, 5.74) is 5.77. The Morgan fingerprint density at radius 2 is 1.90 bits per heavy atom. The van der Waals surface area contributed by atoms with E-state index in [4.69, 9.17) is 19.6 Å². The van der Waals surface area contributed by atoms with Gasteiger partial charge in [-0.15, -0.1) is 0 Å². The molecular formula is C16H19NO4. The van der Waals surface area contributed by atoms with Crippen LogP contribution in [0.2, 0.25) is 0 Å². The molecule has 0 unspecified atom stereocenters. The maximum atomic E-state index is 11.8. The molecule has 0 fully saturated rings. The molecule has 2 N–H and O–H groups in total. The number of ether oxygens (including phenoxy) is 2. The summed E-state index contributed by atoms with van der Waals surface area (Å²) in [6.45, 7) is 5.60. The summed E-state index contributed by atoms with van der Waals surface area (Å²) in [4.78, 5) is 11.8. The highest BCUT2D eigenvalue weighted by Gasteiger charge is 2.20. The van der Waals surface area contributed by atoms with E-state index in [-0.39, 0.29) is 12.4 Å². The molecule has 0 aliphatic carbocycles. The number of nitrogens with two attached hydrogens (primary N) is 1. The largest absolute Gasteiger partial charge is 0.483 e. The molecule has 0 radical (unpaired) electrons. The second kappa shape index (κ2) is 5.91. The molecule has 0 aliphatic rings. The van der Waals surface area contributed by atoms with Crippen molar-refractivity contribution in [3.8, 4) is 5.75 Å². The monoisotopic (exact) mass is 289 g/mol. The minimum atomic E-state index is -0.557. The molecule has 0 atom stereocenters. The van der Waals surface area contributed by atoms with Crippen molar-refractivity contribution in [3.05, 3.63) is 47.9 Å². The van der Waals surface area contributed by atoms with Crippen LogP contribution in [0.1, 0.15) is 37.1 Å². The molecule has 0 bridgehead atoms. The van der Waals surface area contributed by atoms with E-state index in [1.165, 1.54) is 0 Å². The molecule has 0 spiro atoms. The van der Waals surface area contributed by atoms with Crippen LogP contribution in [-0.2, 0) is 11.3 Å². The number of anilines is 1. The first-order chi connectivity index (χ1) is 9.85. The van der Waals surface area contributed by atoms with Gasteiger partial charge in [-0.25, -0.2) is 4.79 Å².